The zero-order valence-electron chi connectivity index (χ0n) is 16.6. The molecular formula is C21H23BN2O5. The van der Waals surface area contributed by atoms with Crippen LogP contribution in [0.2, 0.25) is 0 Å². The fourth-order valence-electron chi connectivity index (χ4n) is 3.26. The lowest BCUT2D eigenvalue weighted by Gasteiger charge is -2.14. The molecule has 2 aliphatic rings. The second-order valence-corrected chi connectivity index (χ2v) is 7.52. The minimum Gasteiger partial charge on any atom is -0.474 e. The smallest absolute Gasteiger partial charge is 0.474 e. The molecule has 1 aliphatic heterocycles. The van der Waals surface area contributed by atoms with E-state index in [1.165, 1.54) is 0 Å². The van der Waals surface area contributed by atoms with Crippen molar-refractivity contribution in [1.29, 1.82) is 5.26 Å². The summed E-state index contributed by atoms with van der Waals surface area (Å²) in [6.07, 6.45) is 2.21. The molecule has 2 aromatic rings. The van der Waals surface area contributed by atoms with Crippen LogP contribution in [0.3, 0.4) is 0 Å². The van der Waals surface area contributed by atoms with Gasteiger partial charge in [-0.05, 0) is 61.8 Å². The van der Waals surface area contributed by atoms with Crippen LogP contribution in [-0.2, 0) is 16.0 Å². The van der Waals surface area contributed by atoms with E-state index in [9.17, 15) is 10.3 Å². The van der Waals surface area contributed by atoms with Gasteiger partial charge in [0.2, 0.25) is 11.8 Å². The van der Waals surface area contributed by atoms with E-state index in [2.05, 4.69) is 11.1 Å². The van der Waals surface area contributed by atoms with Gasteiger partial charge in [-0.1, -0.05) is 6.07 Å². The molecule has 0 amide bonds. The fraction of sp³-hybridized carbons (Fsp3) is 0.429. The molecular weight excluding hydrogens is 371 g/mol. The van der Waals surface area contributed by atoms with Crippen molar-refractivity contribution in [2.75, 3.05) is 13.2 Å². The lowest BCUT2D eigenvalue weighted by Crippen LogP contribution is -2.27. The van der Waals surface area contributed by atoms with Crippen molar-refractivity contribution in [3.63, 3.8) is 0 Å². The van der Waals surface area contributed by atoms with Crippen LogP contribution in [0.4, 0.5) is 0 Å². The van der Waals surface area contributed by atoms with Crippen molar-refractivity contribution in [2.45, 2.75) is 45.3 Å². The van der Waals surface area contributed by atoms with E-state index in [-0.39, 0.29) is 12.0 Å². The van der Waals surface area contributed by atoms with Crippen molar-refractivity contribution in [2.24, 2.45) is 0 Å². The molecule has 7 nitrogen and oxygen atoms in total. The van der Waals surface area contributed by atoms with Crippen LogP contribution >= 0.6 is 0 Å². The highest BCUT2D eigenvalue weighted by molar-refractivity contribution is 6.61. The Labute approximate surface area is 170 Å². The van der Waals surface area contributed by atoms with E-state index in [1.807, 2.05) is 26.0 Å². The molecule has 150 valence electrons. The van der Waals surface area contributed by atoms with E-state index in [1.54, 1.807) is 12.1 Å². The van der Waals surface area contributed by atoms with Crippen molar-refractivity contribution in [3.8, 4) is 23.6 Å². The number of pyridine rings is 1. The quantitative estimate of drug-likeness (QED) is 0.543. The summed E-state index contributed by atoms with van der Waals surface area (Å²) in [7, 11) is -0.887. The third-order valence-corrected chi connectivity index (χ3v) is 4.88. The third kappa shape index (κ3) is 4.53. The maximum atomic E-state index is 9.79. The van der Waals surface area contributed by atoms with Crippen LogP contribution in [0.1, 0.15) is 49.3 Å². The van der Waals surface area contributed by atoms with Gasteiger partial charge >= 0.3 is 7.12 Å². The first kappa shape index (κ1) is 19.7. The fourth-order valence-corrected chi connectivity index (χ4v) is 3.26. The van der Waals surface area contributed by atoms with E-state index in [0.717, 1.165) is 29.4 Å². The first-order valence-electron chi connectivity index (χ1n) is 9.85. The summed E-state index contributed by atoms with van der Waals surface area (Å²) in [5.41, 5.74) is 2.96. The van der Waals surface area contributed by atoms with Crippen molar-refractivity contribution < 1.29 is 23.9 Å². The Balaban J connectivity index is 1.58. The van der Waals surface area contributed by atoms with Gasteiger partial charge in [0.05, 0.1) is 19.3 Å². The lowest BCUT2D eigenvalue weighted by molar-refractivity contribution is 0.0540. The number of ether oxygens (including phenoxy) is 3. The number of nitrogens with zero attached hydrogens (tertiary/aromatic N) is 2. The van der Waals surface area contributed by atoms with E-state index in [4.69, 9.17) is 18.9 Å². The molecule has 1 aromatic carbocycles. The molecule has 2 heterocycles. The molecule has 0 atom stereocenters. The average molecular weight is 394 g/mol. The molecule has 1 saturated carbocycles. The molecule has 0 saturated heterocycles. The molecule has 4 rings (SSSR count). The number of nitriles is 1. The predicted molar refractivity (Wildman–Crippen MR) is 106 cm³/mol. The molecule has 1 aromatic heterocycles. The van der Waals surface area contributed by atoms with Gasteiger partial charge in [-0.2, -0.15) is 10.2 Å². The Kier molecular flexibility index (Phi) is 5.72. The summed E-state index contributed by atoms with van der Waals surface area (Å²) in [4.78, 5) is 4.52. The number of fused-ring (bicyclic) bond motifs is 1. The number of hydrogen-bond acceptors (Lipinski definition) is 7. The van der Waals surface area contributed by atoms with E-state index < -0.39 is 7.12 Å². The van der Waals surface area contributed by atoms with Crippen LogP contribution in [0.15, 0.2) is 24.3 Å². The molecule has 1 N–H and O–H groups in total. The Morgan fingerprint density at radius 3 is 2.83 bits per heavy atom. The number of hydrogen-bond donors (Lipinski definition) is 1. The first-order chi connectivity index (χ1) is 14.0. The van der Waals surface area contributed by atoms with Gasteiger partial charge in [0.15, 0.2) is 0 Å². The van der Waals surface area contributed by atoms with Crippen LogP contribution in [0, 0.1) is 11.3 Å². The van der Waals surface area contributed by atoms with Gasteiger partial charge < -0.3 is 23.9 Å². The second-order valence-electron chi connectivity index (χ2n) is 7.52. The van der Waals surface area contributed by atoms with Crippen LogP contribution in [-0.4, -0.2) is 36.4 Å². The molecule has 0 spiro atoms. The van der Waals surface area contributed by atoms with Crippen molar-refractivity contribution >= 4 is 12.6 Å². The Morgan fingerprint density at radius 2 is 2.10 bits per heavy atom. The molecule has 1 aliphatic carbocycles. The topological polar surface area (TPSA) is 93.8 Å². The molecule has 1 fully saturated rings. The number of benzene rings is 1. The summed E-state index contributed by atoms with van der Waals surface area (Å²) in [5.74, 6) is 1.65. The second kappa shape index (κ2) is 8.41. The van der Waals surface area contributed by atoms with Crippen LogP contribution in [0.5, 0.6) is 17.5 Å². The maximum Gasteiger partial charge on any atom is 0.491 e. The van der Waals surface area contributed by atoms with E-state index in [0.29, 0.717) is 42.9 Å². The molecule has 0 radical (unpaired) electrons. The monoisotopic (exact) mass is 394 g/mol. The summed E-state index contributed by atoms with van der Waals surface area (Å²) < 4.78 is 22.5. The summed E-state index contributed by atoms with van der Waals surface area (Å²) in [6, 6.07) is 9.41. The average Bonchev–Trinajstić information content (AvgIpc) is 3.48. The lowest BCUT2D eigenvalue weighted by atomic mass is 9.80. The predicted octanol–water partition coefficient (Wildman–Crippen LogP) is 2.64. The summed E-state index contributed by atoms with van der Waals surface area (Å²) >= 11 is 0. The normalized spacial score (nSPS) is 15.3. The minimum atomic E-state index is -0.887. The zero-order chi connectivity index (χ0) is 20.4. The van der Waals surface area contributed by atoms with Crippen LogP contribution in [0.25, 0.3) is 0 Å². The van der Waals surface area contributed by atoms with Crippen LogP contribution < -0.4 is 14.9 Å². The van der Waals surface area contributed by atoms with Gasteiger partial charge in [0.25, 0.3) is 0 Å². The van der Waals surface area contributed by atoms with Gasteiger partial charge in [-0.15, -0.1) is 0 Å². The standard InChI is InChI=1S/C21H23BN2O5/c1-13(2)26-7-8-27-20-15(11-23)10-18(14-3-4-14)21(24-20)29-17-5-6-19-16(9-17)12-28-22(19)25/h5-6,9-10,13-14,25H,3-4,7-8,12H2,1-2H3. The maximum absolute atomic E-state index is 9.79. The van der Waals surface area contributed by atoms with Crippen molar-refractivity contribution in [3.05, 3.63) is 41.0 Å². The Hall–Kier alpha value is -2.60. The molecule has 0 bridgehead atoms. The third-order valence-electron chi connectivity index (χ3n) is 4.88. The molecule has 8 heteroatoms. The van der Waals surface area contributed by atoms with Gasteiger partial charge in [0.1, 0.15) is 24.0 Å². The Morgan fingerprint density at radius 1 is 1.28 bits per heavy atom. The highest BCUT2D eigenvalue weighted by Gasteiger charge is 2.31. The first-order valence-corrected chi connectivity index (χ1v) is 9.85. The Bertz CT molecular complexity index is 939. The summed E-state index contributed by atoms with van der Waals surface area (Å²) in [6.45, 7) is 4.97. The highest BCUT2D eigenvalue weighted by Crippen LogP contribution is 2.46. The minimum absolute atomic E-state index is 0.112. The summed E-state index contributed by atoms with van der Waals surface area (Å²) in [5, 5.41) is 19.3. The van der Waals surface area contributed by atoms with Gasteiger partial charge in [-0.3, -0.25) is 0 Å². The molecule has 0 unspecified atom stereocenters. The largest absolute Gasteiger partial charge is 0.491 e. The van der Waals surface area contributed by atoms with Gasteiger partial charge in [0, 0.05) is 5.56 Å². The van der Waals surface area contributed by atoms with Crippen molar-refractivity contribution in [1.82, 2.24) is 4.98 Å². The number of rotatable bonds is 8. The molecule has 29 heavy (non-hydrogen) atoms. The zero-order valence-corrected chi connectivity index (χ0v) is 16.6. The van der Waals surface area contributed by atoms with E-state index >= 15 is 0 Å². The number of aromatic nitrogens is 1. The SMILES string of the molecule is CC(C)OCCOc1nc(Oc2ccc3c(c2)COB3O)c(C2CC2)cc1C#N. The van der Waals surface area contributed by atoms with Gasteiger partial charge in [-0.25, -0.2) is 0 Å². The highest BCUT2D eigenvalue weighted by atomic mass is 16.5.